The van der Waals surface area contributed by atoms with Crippen LogP contribution in [-0.2, 0) is 14.3 Å². The van der Waals surface area contributed by atoms with E-state index in [1.165, 1.54) is 327 Å². The summed E-state index contributed by atoms with van der Waals surface area (Å²) in [6.45, 7) is 4.95. The number of aliphatic hydroxyl groups excluding tert-OH is 2. The standard InChI is InChI=1S/C74H143NO5/c1-3-5-7-9-11-13-15-17-19-20-33-36-39-42-46-50-54-58-62-66-72(77)71(70-76)75-73(78)67-63-59-55-51-47-43-40-37-34-31-29-27-25-23-21-22-24-26-28-30-32-35-38-41-45-49-53-57-61-65-69-80-74(79)68-64-60-56-52-48-44-18-16-14-12-10-8-6-4-2/h10,12,16,18,71-72,76-77H,3-9,11,13-15,17,19-70H2,1-2H3,(H,75,78)/b12-10-,18-16-. The molecular weight excluding hydrogens is 983 g/mol. The summed E-state index contributed by atoms with van der Waals surface area (Å²) in [5.74, 6) is -0.0206. The Morgan fingerprint density at radius 2 is 0.637 bits per heavy atom. The molecule has 0 rings (SSSR count). The number of esters is 1. The average molecular weight is 1130 g/mol. The quantitative estimate of drug-likeness (QED) is 0.0320. The summed E-state index contributed by atoms with van der Waals surface area (Å²) in [7, 11) is 0. The first-order chi connectivity index (χ1) is 39.5. The topological polar surface area (TPSA) is 95.9 Å². The van der Waals surface area contributed by atoms with Crippen molar-refractivity contribution in [3.05, 3.63) is 24.3 Å². The first kappa shape index (κ1) is 78.3. The van der Waals surface area contributed by atoms with Gasteiger partial charge in [0.15, 0.2) is 0 Å². The highest BCUT2D eigenvalue weighted by molar-refractivity contribution is 5.76. The van der Waals surface area contributed by atoms with Crippen LogP contribution in [0.5, 0.6) is 0 Å². The normalized spacial score (nSPS) is 12.6. The van der Waals surface area contributed by atoms with Gasteiger partial charge in [-0.05, 0) is 51.4 Å². The molecule has 0 aliphatic heterocycles. The van der Waals surface area contributed by atoms with Crippen molar-refractivity contribution in [3.63, 3.8) is 0 Å². The molecule has 0 aromatic rings. The lowest BCUT2D eigenvalue weighted by Gasteiger charge is -2.22. The molecule has 80 heavy (non-hydrogen) atoms. The summed E-state index contributed by atoms with van der Waals surface area (Å²) in [5, 5.41) is 23.4. The predicted octanol–water partition coefficient (Wildman–Crippen LogP) is 23.7. The van der Waals surface area contributed by atoms with Gasteiger partial charge in [-0.2, -0.15) is 0 Å². The van der Waals surface area contributed by atoms with Crippen LogP contribution in [0, 0.1) is 0 Å². The van der Waals surface area contributed by atoms with Gasteiger partial charge in [-0.1, -0.05) is 372 Å². The molecule has 0 aromatic heterocycles. The molecule has 0 saturated carbocycles. The van der Waals surface area contributed by atoms with Crippen molar-refractivity contribution in [1.82, 2.24) is 5.32 Å². The van der Waals surface area contributed by atoms with Crippen LogP contribution in [0.1, 0.15) is 412 Å². The predicted molar refractivity (Wildman–Crippen MR) is 352 cm³/mol. The molecule has 6 nitrogen and oxygen atoms in total. The molecule has 3 N–H and O–H groups in total. The van der Waals surface area contributed by atoms with Crippen molar-refractivity contribution in [2.75, 3.05) is 13.2 Å². The molecule has 0 bridgehead atoms. The number of amides is 1. The van der Waals surface area contributed by atoms with E-state index in [1.54, 1.807) is 0 Å². The number of aliphatic hydroxyl groups is 2. The second-order valence-electron chi connectivity index (χ2n) is 25.3. The van der Waals surface area contributed by atoms with E-state index in [0.717, 1.165) is 51.4 Å². The van der Waals surface area contributed by atoms with Gasteiger partial charge >= 0.3 is 5.97 Å². The van der Waals surface area contributed by atoms with Gasteiger partial charge in [-0.3, -0.25) is 9.59 Å². The maximum Gasteiger partial charge on any atom is 0.305 e. The molecule has 2 unspecified atom stereocenters. The van der Waals surface area contributed by atoms with Crippen molar-refractivity contribution < 1.29 is 24.5 Å². The van der Waals surface area contributed by atoms with E-state index in [1.807, 2.05) is 0 Å². The van der Waals surface area contributed by atoms with Crippen LogP contribution in [0.2, 0.25) is 0 Å². The molecule has 474 valence electrons. The van der Waals surface area contributed by atoms with E-state index >= 15 is 0 Å². The molecule has 1 amide bonds. The molecule has 0 fully saturated rings. The lowest BCUT2D eigenvalue weighted by Crippen LogP contribution is -2.45. The van der Waals surface area contributed by atoms with Crippen LogP contribution in [0.4, 0.5) is 0 Å². The molecule has 0 aliphatic carbocycles. The van der Waals surface area contributed by atoms with Crippen molar-refractivity contribution in [2.24, 2.45) is 0 Å². The lowest BCUT2D eigenvalue weighted by molar-refractivity contribution is -0.143. The number of ether oxygens (including phenoxy) is 1. The number of hydrogen-bond acceptors (Lipinski definition) is 5. The minimum atomic E-state index is -0.662. The summed E-state index contributed by atoms with van der Waals surface area (Å²) in [5.41, 5.74) is 0. The number of nitrogens with one attached hydrogen (secondary N) is 1. The smallest absolute Gasteiger partial charge is 0.305 e. The van der Waals surface area contributed by atoms with E-state index in [4.69, 9.17) is 4.74 Å². The van der Waals surface area contributed by atoms with Gasteiger partial charge in [0.05, 0.1) is 25.4 Å². The van der Waals surface area contributed by atoms with Crippen molar-refractivity contribution in [3.8, 4) is 0 Å². The summed E-state index contributed by atoms with van der Waals surface area (Å²) < 4.78 is 5.49. The second-order valence-corrected chi connectivity index (χ2v) is 25.3. The van der Waals surface area contributed by atoms with E-state index < -0.39 is 12.1 Å². The van der Waals surface area contributed by atoms with Crippen LogP contribution in [-0.4, -0.2) is 47.4 Å². The zero-order chi connectivity index (χ0) is 57.8. The average Bonchev–Trinajstić information content (AvgIpc) is 3.46. The molecule has 0 saturated heterocycles. The fraction of sp³-hybridized carbons (Fsp3) is 0.919. The summed E-state index contributed by atoms with van der Waals surface area (Å²) in [6, 6.07) is -0.539. The number of unbranched alkanes of at least 4 members (excludes halogenated alkanes) is 54. The molecule has 0 radical (unpaired) electrons. The van der Waals surface area contributed by atoms with Gasteiger partial charge in [0.1, 0.15) is 0 Å². The second kappa shape index (κ2) is 69.8. The molecule has 2 atom stereocenters. The number of allylic oxidation sites excluding steroid dienone is 4. The van der Waals surface area contributed by atoms with Gasteiger partial charge in [0.25, 0.3) is 0 Å². The van der Waals surface area contributed by atoms with E-state index in [-0.39, 0.29) is 18.5 Å². The molecule has 0 aliphatic rings. The Bertz CT molecular complexity index is 1250. The Hall–Kier alpha value is -1.66. The van der Waals surface area contributed by atoms with Crippen molar-refractivity contribution in [2.45, 2.75) is 424 Å². The Kier molecular flexibility index (Phi) is 68.4. The van der Waals surface area contributed by atoms with Gasteiger partial charge in [-0.25, -0.2) is 0 Å². The summed E-state index contributed by atoms with van der Waals surface area (Å²) in [4.78, 5) is 24.6. The van der Waals surface area contributed by atoms with Crippen LogP contribution in [0.25, 0.3) is 0 Å². The molecular formula is C74H143NO5. The lowest BCUT2D eigenvalue weighted by atomic mass is 10.0. The van der Waals surface area contributed by atoms with Crippen LogP contribution >= 0.6 is 0 Å². The maximum absolute atomic E-state index is 12.5. The Morgan fingerprint density at radius 1 is 0.350 bits per heavy atom. The highest BCUT2D eigenvalue weighted by atomic mass is 16.5. The highest BCUT2D eigenvalue weighted by Gasteiger charge is 2.20. The van der Waals surface area contributed by atoms with Crippen LogP contribution in [0.15, 0.2) is 24.3 Å². The van der Waals surface area contributed by atoms with Crippen LogP contribution < -0.4 is 5.32 Å². The third-order valence-corrected chi connectivity index (χ3v) is 17.3. The number of carbonyl (C=O) groups is 2. The SMILES string of the molecule is CCCC/C=C\C/C=C\CCCCCCCC(=O)OCCCCCCCCCCCCCCCCCCCCCCCCCCCCCCCCC(=O)NC(CO)C(O)CCCCCCCCCCCCCCCCCCCCC. The third kappa shape index (κ3) is 65.5. The zero-order valence-corrected chi connectivity index (χ0v) is 54.3. The number of rotatable bonds is 69. The largest absolute Gasteiger partial charge is 0.466 e. The van der Waals surface area contributed by atoms with E-state index in [2.05, 4.69) is 43.5 Å². The van der Waals surface area contributed by atoms with Gasteiger partial charge < -0.3 is 20.3 Å². The summed E-state index contributed by atoms with van der Waals surface area (Å²) >= 11 is 0. The third-order valence-electron chi connectivity index (χ3n) is 17.3. The minimum Gasteiger partial charge on any atom is -0.466 e. The van der Waals surface area contributed by atoms with Crippen molar-refractivity contribution in [1.29, 1.82) is 0 Å². The van der Waals surface area contributed by atoms with Gasteiger partial charge in [0.2, 0.25) is 5.91 Å². The molecule has 6 heteroatoms. The summed E-state index contributed by atoms with van der Waals surface area (Å²) in [6.07, 6.45) is 88.1. The first-order valence-corrected chi connectivity index (χ1v) is 36.6. The Morgan fingerprint density at radius 3 is 0.988 bits per heavy atom. The fourth-order valence-corrected chi connectivity index (χ4v) is 11.7. The van der Waals surface area contributed by atoms with Gasteiger partial charge in [-0.15, -0.1) is 0 Å². The number of carbonyl (C=O) groups excluding carboxylic acids is 2. The van der Waals surface area contributed by atoms with E-state index in [9.17, 15) is 19.8 Å². The Balaban J connectivity index is 3.33. The maximum atomic E-state index is 12.5. The number of hydrogen-bond donors (Lipinski definition) is 3. The monoisotopic (exact) mass is 1130 g/mol. The van der Waals surface area contributed by atoms with Crippen molar-refractivity contribution >= 4 is 11.9 Å². The highest BCUT2D eigenvalue weighted by Crippen LogP contribution is 2.20. The molecule has 0 heterocycles. The minimum absolute atomic E-state index is 0.00614. The Labute approximate surface area is 501 Å². The van der Waals surface area contributed by atoms with E-state index in [0.29, 0.717) is 25.9 Å². The van der Waals surface area contributed by atoms with Gasteiger partial charge in [0, 0.05) is 12.8 Å². The first-order valence-electron chi connectivity index (χ1n) is 36.6. The molecule has 0 spiro atoms. The molecule has 0 aromatic carbocycles. The fourth-order valence-electron chi connectivity index (χ4n) is 11.7. The van der Waals surface area contributed by atoms with Crippen LogP contribution in [0.3, 0.4) is 0 Å². The zero-order valence-electron chi connectivity index (χ0n) is 54.3.